The quantitative estimate of drug-likeness (QED) is 0.441. The third-order valence-electron chi connectivity index (χ3n) is 1.26. The maximum atomic E-state index is 10.4. The van der Waals surface area contributed by atoms with E-state index in [1.54, 1.807) is 0 Å². The molecule has 1 heterocycles. The van der Waals surface area contributed by atoms with Crippen LogP contribution in [0.2, 0.25) is 0 Å². The van der Waals surface area contributed by atoms with E-state index in [0.29, 0.717) is 12.6 Å². The van der Waals surface area contributed by atoms with Gasteiger partial charge >= 0.3 is 0 Å². The predicted octanol–water partition coefficient (Wildman–Crippen LogP) is -0.0547. The van der Waals surface area contributed by atoms with E-state index >= 15 is 0 Å². The molecule has 0 radical (unpaired) electrons. The molecule has 0 aromatic carbocycles. The molecular weight excluding hydrogens is 113 g/mol. The molecule has 3 nitrogen and oxygen atoms in total. The molecule has 3 N–H and O–H groups in total. The van der Waals surface area contributed by atoms with Gasteiger partial charge in [-0.1, -0.05) is 0 Å². The van der Waals surface area contributed by atoms with E-state index in [1.807, 2.05) is 0 Å². The molecule has 42 valence electrons. The van der Waals surface area contributed by atoms with Crippen molar-refractivity contribution in [1.29, 1.82) is 0 Å². The van der Waals surface area contributed by atoms with Crippen LogP contribution in [0.5, 0.6) is 0 Å². The van der Waals surface area contributed by atoms with E-state index in [4.69, 9.17) is 10.6 Å². The second-order valence-corrected chi connectivity index (χ2v) is 4.46. The zero-order chi connectivity index (χ0) is 5.49. The Kier molecular flexibility index (Phi) is 0.991. The molecule has 1 rings (SSSR count). The highest BCUT2D eigenvalue weighted by Gasteiger charge is 2.36. The fraction of sp³-hybridized carbons (Fsp3) is 1.00. The first kappa shape index (κ1) is 5.29. The highest BCUT2D eigenvalue weighted by molar-refractivity contribution is 7.60. The van der Waals surface area contributed by atoms with E-state index < -0.39 is 13.2 Å². The van der Waals surface area contributed by atoms with Crippen LogP contribution in [0.4, 0.5) is 0 Å². The van der Waals surface area contributed by atoms with Crippen LogP contribution in [0.3, 0.4) is 0 Å². The average Bonchev–Trinajstić information content (AvgIpc) is 1.63. The van der Waals surface area contributed by atoms with Crippen molar-refractivity contribution in [3.05, 3.63) is 0 Å². The second-order valence-electron chi connectivity index (χ2n) is 1.84. The lowest BCUT2D eigenvalue weighted by Gasteiger charge is -2.27. The van der Waals surface area contributed by atoms with Gasteiger partial charge in [-0.25, -0.2) is 0 Å². The second kappa shape index (κ2) is 1.31. The molecule has 0 aromatic heterocycles. The molecule has 0 spiro atoms. The van der Waals surface area contributed by atoms with Crippen molar-refractivity contribution in [3.8, 4) is 0 Å². The van der Waals surface area contributed by atoms with Gasteiger partial charge in [0.2, 0.25) is 7.37 Å². The SMILES string of the molecule is NC1CCP1(=O)O. The molecule has 0 saturated carbocycles. The van der Waals surface area contributed by atoms with E-state index in [1.165, 1.54) is 0 Å². The number of hydrogen-bond donors (Lipinski definition) is 2. The zero-order valence-electron chi connectivity index (χ0n) is 3.87. The van der Waals surface area contributed by atoms with Gasteiger partial charge in [-0.15, -0.1) is 0 Å². The lowest BCUT2D eigenvalue weighted by molar-refractivity contribution is 0.435. The van der Waals surface area contributed by atoms with Crippen LogP contribution in [-0.2, 0) is 4.57 Å². The first-order valence-corrected chi connectivity index (χ1v) is 4.11. The van der Waals surface area contributed by atoms with Gasteiger partial charge in [-0.2, -0.15) is 0 Å². The lowest BCUT2D eigenvalue weighted by Crippen LogP contribution is -2.31. The summed E-state index contributed by atoms with van der Waals surface area (Å²) in [7, 11) is -2.78. The van der Waals surface area contributed by atoms with Crippen LogP contribution in [0.1, 0.15) is 6.42 Å². The van der Waals surface area contributed by atoms with Gasteiger partial charge in [0.15, 0.2) is 0 Å². The molecule has 0 aliphatic carbocycles. The summed E-state index contributed by atoms with van der Waals surface area (Å²) in [4.78, 5) is 8.61. The van der Waals surface area contributed by atoms with Gasteiger partial charge in [0.05, 0.1) is 5.78 Å². The molecule has 0 aromatic rings. The van der Waals surface area contributed by atoms with Crippen LogP contribution in [0.25, 0.3) is 0 Å². The average molecular weight is 121 g/mol. The Morgan fingerprint density at radius 3 is 2.29 bits per heavy atom. The van der Waals surface area contributed by atoms with Gasteiger partial charge in [0.1, 0.15) is 0 Å². The van der Waals surface area contributed by atoms with Crippen molar-refractivity contribution < 1.29 is 9.46 Å². The summed E-state index contributed by atoms with van der Waals surface area (Å²) in [6.45, 7) is 0. The Hall–Kier alpha value is 0.150. The molecule has 0 amide bonds. The maximum Gasteiger partial charge on any atom is 0.216 e. The fourth-order valence-corrected chi connectivity index (χ4v) is 1.50. The highest BCUT2D eigenvalue weighted by Crippen LogP contribution is 2.54. The summed E-state index contributed by atoms with van der Waals surface area (Å²) in [6, 6.07) is 0. The minimum atomic E-state index is -2.78. The van der Waals surface area contributed by atoms with Crippen molar-refractivity contribution in [1.82, 2.24) is 0 Å². The predicted molar refractivity (Wildman–Crippen MR) is 27.3 cm³/mol. The summed E-state index contributed by atoms with van der Waals surface area (Å²) in [5.41, 5.74) is 5.14. The molecule has 4 heteroatoms. The van der Waals surface area contributed by atoms with Crippen LogP contribution < -0.4 is 5.73 Å². The zero-order valence-corrected chi connectivity index (χ0v) is 4.77. The van der Waals surface area contributed by atoms with E-state index in [9.17, 15) is 4.57 Å². The van der Waals surface area contributed by atoms with Gasteiger partial charge in [-0.3, -0.25) is 4.57 Å². The van der Waals surface area contributed by atoms with Gasteiger partial charge in [0.25, 0.3) is 0 Å². The molecule has 7 heavy (non-hydrogen) atoms. The summed E-state index contributed by atoms with van der Waals surface area (Å²) < 4.78 is 10.4. The van der Waals surface area contributed by atoms with Crippen LogP contribution >= 0.6 is 7.37 Å². The Morgan fingerprint density at radius 1 is 1.86 bits per heavy atom. The van der Waals surface area contributed by atoms with Crippen molar-refractivity contribution in [2.75, 3.05) is 6.16 Å². The normalized spacial score (nSPS) is 50.9. The first-order valence-electron chi connectivity index (χ1n) is 2.20. The summed E-state index contributed by atoms with van der Waals surface area (Å²) in [5, 5.41) is 0. The van der Waals surface area contributed by atoms with Gasteiger partial charge in [-0.05, 0) is 6.42 Å². The summed E-state index contributed by atoms with van der Waals surface area (Å²) in [5.74, 6) is -0.410. The highest BCUT2D eigenvalue weighted by atomic mass is 31.2. The Labute approximate surface area is 42.0 Å². The van der Waals surface area contributed by atoms with Gasteiger partial charge in [0, 0.05) is 6.16 Å². The van der Waals surface area contributed by atoms with Crippen molar-refractivity contribution in [2.24, 2.45) is 5.73 Å². The molecule has 2 unspecified atom stereocenters. The number of hydrogen-bond acceptors (Lipinski definition) is 2. The fourth-order valence-electron chi connectivity index (χ4n) is 0.499. The van der Waals surface area contributed by atoms with E-state index in [0.717, 1.165) is 0 Å². The monoisotopic (exact) mass is 121 g/mol. The molecular formula is C3H8NO2P. The Bertz CT molecular complexity index is 124. The molecule has 1 saturated heterocycles. The minimum Gasteiger partial charge on any atom is -0.343 e. The molecule has 2 atom stereocenters. The molecule has 1 fully saturated rings. The minimum absolute atomic E-state index is 0.410. The largest absolute Gasteiger partial charge is 0.343 e. The third-order valence-corrected chi connectivity index (χ3v) is 3.46. The third kappa shape index (κ3) is 0.717. The van der Waals surface area contributed by atoms with Crippen molar-refractivity contribution in [3.63, 3.8) is 0 Å². The molecule has 1 aliphatic heterocycles. The van der Waals surface area contributed by atoms with Crippen LogP contribution in [-0.4, -0.2) is 16.8 Å². The summed E-state index contributed by atoms with van der Waals surface area (Å²) >= 11 is 0. The van der Waals surface area contributed by atoms with Crippen LogP contribution in [0, 0.1) is 0 Å². The van der Waals surface area contributed by atoms with E-state index in [2.05, 4.69) is 0 Å². The first-order chi connectivity index (χ1) is 3.13. The molecule has 1 aliphatic rings. The maximum absolute atomic E-state index is 10.4. The lowest BCUT2D eigenvalue weighted by atomic mass is 10.5. The standard InChI is InChI=1S/C3H8NO2P/c4-3-1-2-7(3,5)6/h3H,1-2,4H2,(H,5,6). The van der Waals surface area contributed by atoms with Gasteiger partial charge < -0.3 is 10.6 Å². The van der Waals surface area contributed by atoms with E-state index in [-0.39, 0.29) is 0 Å². The topological polar surface area (TPSA) is 63.3 Å². The summed E-state index contributed by atoms with van der Waals surface area (Å²) in [6.07, 6.45) is 1.14. The Balaban J connectivity index is 2.60. The van der Waals surface area contributed by atoms with Crippen molar-refractivity contribution in [2.45, 2.75) is 12.2 Å². The number of rotatable bonds is 0. The number of nitrogens with two attached hydrogens (primary N) is 1. The van der Waals surface area contributed by atoms with Crippen molar-refractivity contribution >= 4 is 7.37 Å². The Morgan fingerprint density at radius 2 is 2.29 bits per heavy atom. The smallest absolute Gasteiger partial charge is 0.216 e. The molecule has 0 bridgehead atoms. The van der Waals surface area contributed by atoms with Crippen LogP contribution in [0.15, 0.2) is 0 Å².